The number of likely N-dealkylation sites (tertiary alicyclic amines) is 1. The van der Waals surface area contributed by atoms with Crippen LogP contribution in [0.2, 0.25) is 0 Å². The molecular formula is C11H25N3O. The van der Waals surface area contributed by atoms with Crippen LogP contribution in [0.1, 0.15) is 19.8 Å². The quantitative estimate of drug-likeness (QED) is 0.585. The van der Waals surface area contributed by atoms with Crippen molar-refractivity contribution in [2.75, 3.05) is 33.2 Å². The van der Waals surface area contributed by atoms with E-state index in [2.05, 4.69) is 10.2 Å². The number of nitrogens with one attached hydrogen (secondary N) is 1. The van der Waals surface area contributed by atoms with Crippen molar-refractivity contribution in [2.24, 2.45) is 11.7 Å². The number of likely N-dealkylation sites (N-methyl/N-ethyl adjacent to an activating group) is 1. The lowest BCUT2D eigenvalue weighted by atomic mass is 9.88. The second-order valence-electron chi connectivity index (χ2n) is 4.51. The fourth-order valence-corrected chi connectivity index (χ4v) is 2.42. The monoisotopic (exact) mass is 215 g/mol. The zero-order chi connectivity index (χ0) is 11.3. The smallest absolute Gasteiger partial charge is 0.0578 e. The molecule has 4 N–H and O–H groups in total. The first-order valence-corrected chi connectivity index (χ1v) is 5.99. The van der Waals surface area contributed by atoms with E-state index in [0.717, 1.165) is 32.5 Å². The second-order valence-corrected chi connectivity index (χ2v) is 4.51. The number of rotatable bonds is 5. The summed E-state index contributed by atoms with van der Waals surface area (Å²) in [5, 5.41) is 13.2. The molecule has 4 heteroatoms. The maximum atomic E-state index is 9.90. The van der Waals surface area contributed by atoms with E-state index in [0.29, 0.717) is 18.5 Å². The van der Waals surface area contributed by atoms with E-state index in [1.54, 1.807) is 0 Å². The second kappa shape index (κ2) is 6.43. The summed E-state index contributed by atoms with van der Waals surface area (Å²) in [5.41, 5.74) is 5.58. The first-order valence-electron chi connectivity index (χ1n) is 5.99. The number of nitrogens with zero attached hydrogens (tertiary/aromatic N) is 1. The summed E-state index contributed by atoms with van der Waals surface area (Å²) in [6, 6.07) is 0.497. The van der Waals surface area contributed by atoms with Gasteiger partial charge in [-0.3, -0.25) is 0 Å². The Labute approximate surface area is 92.8 Å². The fraction of sp³-hybridized carbons (Fsp3) is 1.00. The van der Waals surface area contributed by atoms with Crippen LogP contribution in [-0.4, -0.2) is 55.4 Å². The van der Waals surface area contributed by atoms with Crippen molar-refractivity contribution in [1.29, 1.82) is 0 Å². The Hall–Kier alpha value is -0.160. The van der Waals surface area contributed by atoms with Gasteiger partial charge in [0.15, 0.2) is 0 Å². The predicted octanol–water partition coefficient (Wildman–Crippen LogP) is -0.374. The van der Waals surface area contributed by atoms with Crippen molar-refractivity contribution in [3.8, 4) is 0 Å². The molecule has 3 atom stereocenters. The van der Waals surface area contributed by atoms with Crippen LogP contribution in [-0.2, 0) is 0 Å². The van der Waals surface area contributed by atoms with E-state index in [1.165, 1.54) is 0 Å². The summed E-state index contributed by atoms with van der Waals surface area (Å²) in [7, 11) is 1.99. The highest BCUT2D eigenvalue weighted by Gasteiger charge is 2.29. The van der Waals surface area contributed by atoms with Gasteiger partial charge >= 0.3 is 0 Å². The number of hydrogen-bond donors (Lipinski definition) is 3. The van der Waals surface area contributed by atoms with Gasteiger partial charge in [-0.2, -0.15) is 0 Å². The van der Waals surface area contributed by atoms with Crippen LogP contribution in [0.3, 0.4) is 0 Å². The van der Waals surface area contributed by atoms with Crippen molar-refractivity contribution in [3.05, 3.63) is 0 Å². The summed E-state index contributed by atoms with van der Waals surface area (Å²) in [6.07, 6.45) is 1.76. The van der Waals surface area contributed by atoms with Crippen LogP contribution in [0, 0.1) is 5.92 Å². The largest absolute Gasteiger partial charge is 0.393 e. The number of aliphatic hydroxyl groups excluding tert-OH is 1. The molecule has 0 saturated carbocycles. The van der Waals surface area contributed by atoms with Gasteiger partial charge in [-0.05, 0) is 25.8 Å². The summed E-state index contributed by atoms with van der Waals surface area (Å²) in [5.74, 6) is 0.396. The summed E-state index contributed by atoms with van der Waals surface area (Å²) in [6.45, 7) is 5.72. The Kier molecular flexibility index (Phi) is 5.53. The standard InChI is InChI=1S/C11H25N3O/c1-3-11(15)9-6-10(13-2)8-14(7-9)5-4-12/h9-11,13,15H,3-8,12H2,1-2H3. The molecule has 1 aliphatic rings. The molecule has 1 aliphatic heterocycles. The minimum Gasteiger partial charge on any atom is -0.393 e. The third-order valence-electron chi connectivity index (χ3n) is 3.37. The molecule has 0 radical (unpaired) electrons. The third kappa shape index (κ3) is 3.72. The molecule has 0 aromatic rings. The lowest BCUT2D eigenvalue weighted by Crippen LogP contribution is -2.51. The number of piperidine rings is 1. The molecule has 0 spiro atoms. The SMILES string of the molecule is CCC(O)C1CC(NC)CN(CCN)C1. The van der Waals surface area contributed by atoms with Crippen molar-refractivity contribution in [3.63, 3.8) is 0 Å². The van der Waals surface area contributed by atoms with E-state index < -0.39 is 0 Å². The zero-order valence-electron chi connectivity index (χ0n) is 9.95. The Morgan fingerprint density at radius 3 is 2.80 bits per heavy atom. The van der Waals surface area contributed by atoms with Gasteiger partial charge in [0.2, 0.25) is 0 Å². The highest BCUT2D eigenvalue weighted by Crippen LogP contribution is 2.21. The molecule has 3 unspecified atom stereocenters. The van der Waals surface area contributed by atoms with Crippen LogP contribution in [0.5, 0.6) is 0 Å². The van der Waals surface area contributed by atoms with Crippen molar-refractivity contribution < 1.29 is 5.11 Å². The van der Waals surface area contributed by atoms with Crippen LogP contribution in [0.4, 0.5) is 0 Å². The Bertz CT molecular complexity index is 177. The van der Waals surface area contributed by atoms with E-state index >= 15 is 0 Å². The zero-order valence-corrected chi connectivity index (χ0v) is 9.95. The maximum absolute atomic E-state index is 9.90. The summed E-state index contributed by atoms with van der Waals surface area (Å²) >= 11 is 0. The maximum Gasteiger partial charge on any atom is 0.0578 e. The van der Waals surface area contributed by atoms with E-state index in [4.69, 9.17) is 5.73 Å². The molecule has 15 heavy (non-hydrogen) atoms. The molecule has 1 saturated heterocycles. The number of aliphatic hydroxyl groups is 1. The molecule has 0 amide bonds. The minimum atomic E-state index is -0.165. The third-order valence-corrected chi connectivity index (χ3v) is 3.37. The van der Waals surface area contributed by atoms with E-state index in [9.17, 15) is 5.11 Å². The molecular weight excluding hydrogens is 190 g/mol. The Morgan fingerprint density at radius 2 is 2.27 bits per heavy atom. The van der Waals surface area contributed by atoms with Gasteiger partial charge in [0.05, 0.1) is 6.10 Å². The lowest BCUT2D eigenvalue weighted by Gasteiger charge is -2.39. The first kappa shape index (κ1) is 12.9. The molecule has 0 aliphatic carbocycles. The topological polar surface area (TPSA) is 61.5 Å². The molecule has 1 heterocycles. The van der Waals surface area contributed by atoms with Crippen LogP contribution in [0.25, 0.3) is 0 Å². The van der Waals surface area contributed by atoms with E-state index in [1.807, 2.05) is 14.0 Å². The molecule has 0 bridgehead atoms. The molecule has 0 aromatic carbocycles. The van der Waals surface area contributed by atoms with Crippen molar-refractivity contribution in [1.82, 2.24) is 10.2 Å². The molecule has 0 aromatic heterocycles. The Balaban J connectivity index is 2.50. The number of hydrogen-bond acceptors (Lipinski definition) is 4. The molecule has 4 nitrogen and oxygen atoms in total. The number of nitrogens with two attached hydrogens (primary N) is 1. The summed E-state index contributed by atoms with van der Waals surface area (Å²) < 4.78 is 0. The van der Waals surface area contributed by atoms with Crippen molar-refractivity contribution in [2.45, 2.75) is 31.9 Å². The van der Waals surface area contributed by atoms with Crippen molar-refractivity contribution >= 4 is 0 Å². The average Bonchev–Trinajstić information content (AvgIpc) is 2.28. The van der Waals surface area contributed by atoms with Gasteiger partial charge < -0.3 is 21.1 Å². The van der Waals surface area contributed by atoms with Gasteiger partial charge in [0.25, 0.3) is 0 Å². The predicted molar refractivity (Wildman–Crippen MR) is 62.7 cm³/mol. The average molecular weight is 215 g/mol. The van der Waals surface area contributed by atoms with Crippen LogP contribution >= 0.6 is 0 Å². The first-order chi connectivity index (χ1) is 7.21. The van der Waals surface area contributed by atoms with Gasteiger partial charge in [0, 0.05) is 32.2 Å². The Morgan fingerprint density at radius 1 is 1.53 bits per heavy atom. The molecule has 1 fully saturated rings. The highest BCUT2D eigenvalue weighted by atomic mass is 16.3. The normalized spacial score (nSPS) is 30.4. The summed E-state index contributed by atoms with van der Waals surface area (Å²) in [4.78, 5) is 2.36. The van der Waals surface area contributed by atoms with Gasteiger partial charge in [-0.25, -0.2) is 0 Å². The lowest BCUT2D eigenvalue weighted by molar-refractivity contribution is 0.0380. The molecule has 90 valence electrons. The highest BCUT2D eigenvalue weighted by molar-refractivity contribution is 4.85. The van der Waals surface area contributed by atoms with Gasteiger partial charge in [0.1, 0.15) is 0 Å². The van der Waals surface area contributed by atoms with Gasteiger partial charge in [-0.15, -0.1) is 0 Å². The van der Waals surface area contributed by atoms with E-state index in [-0.39, 0.29) is 6.10 Å². The van der Waals surface area contributed by atoms with Crippen LogP contribution < -0.4 is 11.1 Å². The van der Waals surface area contributed by atoms with Gasteiger partial charge in [-0.1, -0.05) is 6.92 Å². The van der Waals surface area contributed by atoms with Crippen LogP contribution in [0.15, 0.2) is 0 Å². The molecule has 1 rings (SSSR count). The fourth-order valence-electron chi connectivity index (χ4n) is 2.42. The minimum absolute atomic E-state index is 0.165.